The van der Waals surface area contributed by atoms with Crippen LogP contribution in [0.3, 0.4) is 0 Å². The molecule has 29 heavy (non-hydrogen) atoms. The monoisotopic (exact) mass is 411 g/mol. The lowest BCUT2D eigenvalue weighted by atomic mass is 10.0. The second-order valence-electron chi connectivity index (χ2n) is 6.92. The molecule has 4 nitrogen and oxygen atoms in total. The number of unbranched alkanes of at least 4 members (excludes halogenated alkanes) is 4. The second kappa shape index (κ2) is 11.4. The van der Waals surface area contributed by atoms with Gasteiger partial charge in [0.1, 0.15) is 0 Å². The fourth-order valence-electron chi connectivity index (χ4n) is 2.82. The summed E-state index contributed by atoms with van der Waals surface area (Å²) in [5, 5.41) is 8.27. The molecule has 0 bridgehead atoms. The summed E-state index contributed by atoms with van der Waals surface area (Å²) in [6.45, 7) is 3.94. The molecule has 0 atom stereocenters. The highest BCUT2D eigenvalue weighted by atomic mass is 19.4. The molecule has 0 unspecified atom stereocenters. The lowest BCUT2D eigenvalue weighted by Crippen LogP contribution is -2.10. The molecular formula is C22H28F3NO3. The Kier molecular flexibility index (Phi) is 9.65. The first-order chi connectivity index (χ1) is 13.6. The maximum atomic E-state index is 12.4. The Morgan fingerprint density at radius 3 is 2.03 bits per heavy atom. The van der Waals surface area contributed by atoms with E-state index in [2.05, 4.69) is 6.92 Å². The minimum atomic E-state index is -4.39. The zero-order valence-electron chi connectivity index (χ0n) is 17.1. The molecule has 0 aliphatic carbocycles. The van der Waals surface area contributed by atoms with Crippen LogP contribution in [0.2, 0.25) is 0 Å². The van der Waals surface area contributed by atoms with E-state index >= 15 is 0 Å². The summed E-state index contributed by atoms with van der Waals surface area (Å²) in [5.74, 6) is -0.949. The van der Waals surface area contributed by atoms with Crippen LogP contribution in [0.15, 0.2) is 36.5 Å². The van der Waals surface area contributed by atoms with Crippen LogP contribution in [-0.4, -0.2) is 21.4 Å². The van der Waals surface area contributed by atoms with E-state index in [0.717, 1.165) is 30.5 Å². The Balaban J connectivity index is 0.000000359. The number of hydrogen-bond acceptors (Lipinski definition) is 2. The van der Waals surface area contributed by atoms with E-state index in [4.69, 9.17) is 5.11 Å². The number of aliphatic carboxylic acids is 1. The number of nitrogens with zero attached hydrogens (tertiary/aromatic N) is 1. The highest BCUT2D eigenvalue weighted by Gasteiger charge is 2.30. The van der Waals surface area contributed by atoms with E-state index in [1.807, 2.05) is 0 Å². The van der Waals surface area contributed by atoms with E-state index < -0.39 is 17.7 Å². The predicted octanol–water partition coefficient (Wildman–Crippen LogP) is 6.01. The van der Waals surface area contributed by atoms with Gasteiger partial charge in [0.25, 0.3) is 0 Å². The van der Waals surface area contributed by atoms with Gasteiger partial charge in [-0.25, -0.2) is 0 Å². The van der Waals surface area contributed by atoms with Crippen LogP contribution >= 0.6 is 0 Å². The van der Waals surface area contributed by atoms with E-state index in [1.165, 1.54) is 31.4 Å². The second-order valence-corrected chi connectivity index (χ2v) is 6.92. The molecule has 2 aromatic rings. The van der Waals surface area contributed by atoms with Crippen molar-refractivity contribution in [1.29, 1.82) is 0 Å². The van der Waals surface area contributed by atoms with Crippen LogP contribution in [0.25, 0.3) is 0 Å². The van der Waals surface area contributed by atoms with Gasteiger partial charge in [-0.3, -0.25) is 9.59 Å². The fourth-order valence-corrected chi connectivity index (χ4v) is 2.82. The molecule has 0 spiro atoms. The molecule has 0 aliphatic rings. The molecule has 0 fully saturated rings. The number of hydrogen-bond donors (Lipinski definition) is 1. The molecule has 0 aliphatic heterocycles. The van der Waals surface area contributed by atoms with Gasteiger partial charge in [-0.2, -0.15) is 13.2 Å². The van der Waals surface area contributed by atoms with Gasteiger partial charge >= 0.3 is 12.1 Å². The standard InChI is InChI=1S/C14H12F3NO.C8H16O2/c1-9-7-8-18(2)12(9)13(19)10-3-5-11(6-4-10)14(15,16)17;1-2-3-4-5-6-7-8(9)10/h3-8H,1-2H3;2-7H2,1H3,(H,9,10). The number of alkyl halides is 3. The molecular weight excluding hydrogens is 383 g/mol. The Labute approximate surface area is 169 Å². The van der Waals surface area contributed by atoms with Crippen molar-refractivity contribution >= 4 is 11.8 Å². The van der Waals surface area contributed by atoms with Gasteiger partial charge in [-0.15, -0.1) is 0 Å². The third-order valence-corrected chi connectivity index (χ3v) is 4.46. The minimum Gasteiger partial charge on any atom is -0.481 e. The lowest BCUT2D eigenvalue weighted by Gasteiger charge is -2.08. The first kappa shape index (κ1) is 24.5. The third kappa shape index (κ3) is 8.13. The average Bonchev–Trinajstić information content (AvgIpc) is 2.99. The molecule has 7 heteroatoms. The highest BCUT2D eigenvalue weighted by Crippen LogP contribution is 2.29. The van der Waals surface area contributed by atoms with Crippen molar-refractivity contribution in [2.75, 3.05) is 0 Å². The largest absolute Gasteiger partial charge is 0.481 e. The molecule has 1 heterocycles. The number of benzene rings is 1. The molecule has 1 aromatic carbocycles. The number of halogens is 3. The first-order valence-electron chi connectivity index (χ1n) is 9.63. The zero-order valence-corrected chi connectivity index (χ0v) is 17.1. The van der Waals surface area contributed by atoms with Gasteiger partial charge in [0.15, 0.2) is 0 Å². The number of aromatic nitrogens is 1. The molecule has 0 saturated carbocycles. The number of carbonyl (C=O) groups is 2. The summed E-state index contributed by atoms with van der Waals surface area (Å²) in [5.41, 5.74) is 0.776. The van der Waals surface area contributed by atoms with E-state index in [-0.39, 0.29) is 11.3 Å². The van der Waals surface area contributed by atoms with Crippen molar-refractivity contribution in [2.45, 2.75) is 58.5 Å². The fraction of sp³-hybridized carbons (Fsp3) is 0.455. The smallest absolute Gasteiger partial charge is 0.416 e. The average molecular weight is 411 g/mol. The molecule has 1 aromatic heterocycles. The normalized spacial score (nSPS) is 11.0. The van der Waals surface area contributed by atoms with Crippen molar-refractivity contribution < 1.29 is 27.9 Å². The molecule has 0 radical (unpaired) electrons. The molecule has 2 rings (SSSR count). The minimum absolute atomic E-state index is 0.248. The lowest BCUT2D eigenvalue weighted by molar-refractivity contribution is -0.138. The number of rotatable bonds is 8. The molecule has 0 saturated heterocycles. The van der Waals surface area contributed by atoms with Crippen molar-refractivity contribution in [1.82, 2.24) is 4.57 Å². The van der Waals surface area contributed by atoms with Gasteiger partial charge in [0, 0.05) is 25.2 Å². The topological polar surface area (TPSA) is 59.3 Å². The molecule has 0 amide bonds. The number of carboxylic acid groups (broad SMARTS) is 1. The predicted molar refractivity (Wildman–Crippen MR) is 106 cm³/mol. The Bertz CT molecular complexity index is 773. The number of ketones is 1. The molecule has 160 valence electrons. The van der Waals surface area contributed by atoms with E-state index in [9.17, 15) is 22.8 Å². The van der Waals surface area contributed by atoms with Crippen LogP contribution in [-0.2, 0) is 18.0 Å². The van der Waals surface area contributed by atoms with Crippen LogP contribution in [0.1, 0.15) is 72.6 Å². The highest BCUT2D eigenvalue weighted by molar-refractivity contribution is 6.08. The summed E-state index contributed by atoms with van der Waals surface area (Å²) in [6, 6.07) is 6.05. The van der Waals surface area contributed by atoms with Gasteiger partial charge in [0.2, 0.25) is 5.78 Å². The summed E-state index contributed by atoms with van der Waals surface area (Å²) < 4.78 is 39.0. The first-order valence-corrected chi connectivity index (χ1v) is 9.63. The maximum absolute atomic E-state index is 12.4. The Hall–Kier alpha value is -2.57. The summed E-state index contributed by atoms with van der Waals surface area (Å²) in [6.07, 6.45) is 3.24. The number of aryl methyl sites for hydroxylation is 2. The summed E-state index contributed by atoms with van der Waals surface area (Å²) in [4.78, 5) is 22.2. The summed E-state index contributed by atoms with van der Waals surface area (Å²) >= 11 is 0. The van der Waals surface area contributed by atoms with E-state index in [1.54, 1.807) is 30.8 Å². The van der Waals surface area contributed by atoms with Gasteiger partial charge in [-0.1, -0.05) is 44.7 Å². The van der Waals surface area contributed by atoms with Crippen molar-refractivity contribution in [3.63, 3.8) is 0 Å². The van der Waals surface area contributed by atoms with E-state index in [0.29, 0.717) is 12.1 Å². The number of carbonyl (C=O) groups excluding carboxylic acids is 1. The maximum Gasteiger partial charge on any atom is 0.416 e. The molecule has 1 N–H and O–H groups in total. The van der Waals surface area contributed by atoms with Crippen LogP contribution < -0.4 is 0 Å². The van der Waals surface area contributed by atoms with Crippen LogP contribution in [0.4, 0.5) is 13.2 Å². The summed E-state index contributed by atoms with van der Waals surface area (Å²) in [7, 11) is 1.73. The van der Waals surface area contributed by atoms with Crippen molar-refractivity contribution in [2.24, 2.45) is 7.05 Å². The Morgan fingerprint density at radius 1 is 1.00 bits per heavy atom. The van der Waals surface area contributed by atoms with Gasteiger partial charge in [-0.05, 0) is 37.1 Å². The Morgan fingerprint density at radius 2 is 1.59 bits per heavy atom. The number of carboxylic acids is 1. The van der Waals surface area contributed by atoms with Gasteiger partial charge < -0.3 is 9.67 Å². The SMILES string of the molecule is CCCCCCCC(=O)O.Cc1ccn(C)c1C(=O)c1ccc(C(F)(F)F)cc1. The van der Waals surface area contributed by atoms with Gasteiger partial charge in [0.05, 0.1) is 11.3 Å². The third-order valence-electron chi connectivity index (χ3n) is 4.46. The quantitative estimate of drug-likeness (QED) is 0.427. The van der Waals surface area contributed by atoms with Crippen LogP contribution in [0.5, 0.6) is 0 Å². The van der Waals surface area contributed by atoms with Crippen LogP contribution in [0, 0.1) is 6.92 Å². The van der Waals surface area contributed by atoms with Crippen molar-refractivity contribution in [3.05, 3.63) is 58.9 Å². The van der Waals surface area contributed by atoms with Crippen molar-refractivity contribution in [3.8, 4) is 0 Å². The zero-order chi connectivity index (χ0) is 22.0.